The maximum Gasteiger partial charge on any atom is 0.219 e. The van der Waals surface area contributed by atoms with Gasteiger partial charge in [-0.2, -0.15) is 0 Å². The molecule has 1 aromatic carbocycles. The van der Waals surface area contributed by atoms with Crippen LogP contribution in [0.2, 0.25) is 5.02 Å². The number of nitrogens with one attached hydrogen (secondary N) is 3. The van der Waals surface area contributed by atoms with Crippen molar-refractivity contribution in [1.82, 2.24) is 20.3 Å². The SMILES string of the molecule is CCC(=O)NC1CCC(Nc2ncnc3[nH]cc(C(=O)c4ccccc4Cl)c23)CC1. The van der Waals surface area contributed by atoms with E-state index >= 15 is 0 Å². The van der Waals surface area contributed by atoms with Gasteiger partial charge in [0.05, 0.1) is 16.0 Å². The van der Waals surface area contributed by atoms with Gasteiger partial charge in [-0.05, 0) is 37.8 Å². The molecule has 7 nitrogen and oxygen atoms in total. The largest absolute Gasteiger partial charge is 0.367 e. The molecule has 0 spiro atoms. The second-order valence-electron chi connectivity index (χ2n) is 7.57. The lowest BCUT2D eigenvalue weighted by molar-refractivity contribution is -0.121. The Morgan fingerprint density at radius 2 is 1.83 bits per heavy atom. The molecule has 0 radical (unpaired) electrons. The lowest BCUT2D eigenvalue weighted by atomic mass is 9.91. The van der Waals surface area contributed by atoms with Crippen molar-refractivity contribution >= 4 is 40.1 Å². The Labute approximate surface area is 179 Å². The van der Waals surface area contributed by atoms with Crippen LogP contribution in [0.5, 0.6) is 0 Å². The number of hydrogen-bond acceptors (Lipinski definition) is 5. The van der Waals surface area contributed by atoms with E-state index in [-0.39, 0.29) is 23.8 Å². The van der Waals surface area contributed by atoms with E-state index in [4.69, 9.17) is 11.6 Å². The van der Waals surface area contributed by atoms with Gasteiger partial charge in [0.15, 0.2) is 5.78 Å². The van der Waals surface area contributed by atoms with E-state index in [9.17, 15) is 9.59 Å². The van der Waals surface area contributed by atoms with Crippen LogP contribution in [0, 0.1) is 0 Å². The fourth-order valence-corrected chi connectivity index (χ4v) is 4.17. The zero-order chi connectivity index (χ0) is 21.1. The number of amides is 1. The standard InChI is InChI=1S/C22H24ClN5O2/c1-2-18(29)27-13-7-9-14(10-8-13)28-22-19-16(11-24-21(19)25-12-26-22)20(30)15-5-3-4-6-17(15)23/h3-6,11-14H,2,7-10H2,1H3,(H,27,29)(H2,24,25,26,28). The highest BCUT2D eigenvalue weighted by Crippen LogP contribution is 2.30. The molecule has 2 heterocycles. The van der Waals surface area contributed by atoms with Crippen molar-refractivity contribution in [2.24, 2.45) is 0 Å². The second kappa shape index (κ2) is 8.83. The van der Waals surface area contributed by atoms with E-state index in [1.54, 1.807) is 30.5 Å². The predicted molar refractivity (Wildman–Crippen MR) is 117 cm³/mol. The van der Waals surface area contributed by atoms with Crippen LogP contribution in [0.25, 0.3) is 11.0 Å². The number of rotatable bonds is 6. The van der Waals surface area contributed by atoms with Gasteiger partial charge >= 0.3 is 0 Å². The Bertz CT molecular complexity index is 1070. The maximum atomic E-state index is 13.1. The highest BCUT2D eigenvalue weighted by molar-refractivity contribution is 6.35. The molecule has 1 aliphatic carbocycles. The third-order valence-electron chi connectivity index (χ3n) is 5.59. The van der Waals surface area contributed by atoms with Gasteiger partial charge in [-0.25, -0.2) is 9.97 Å². The normalized spacial score (nSPS) is 18.9. The molecule has 0 aliphatic heterocycles. The molecular formula is C22H24ClN5O2. The molecule has 4 rings (SSSR count). The summed E-state index contributed by atoms with van der Waals surface area (Å²) in [6.07, 6.45) is 7.31. The molecule has 1 fully saturated rings. The van der Waals surface area contributed by atoms with Gasteiger partial charge in [0.25, 0.3) is 0 Å². The third-order valence-corrected chi connectivity index (χ3v) is 5.92. The first-order chi connectivity index (χ1) is 14.6. The summed E-state index contributed by atoms with van der Waals surface area (Å²) in [6, 6.07) is 7.45. The molecule has 0 unspecified atom stereocenters. The van der Waals surface area contributed by atoms with Crippen LogP contribution >= 0.6 is 11.6 Å². The van der Waals surface area contributed by atoms with E-state index < -0.39 is 0 Å². The van der Waals surface area contributed by atoms with Crippen LogP contribution in [0.4, 0.5) is 5.82 Å². The molecule has 1 saturated carbocycles. The lowest BCUT2D eigenvalue weighted by Crippen LogP contribution is -2.39. The first-order valence-electron chi connectivity index (χ1n) is 10.2. The van der Waals surface area contributed by atoms with Crippen molar-refractivity contribution in [1.29, 1.82) is 0 Å². The Balaban J connectivity index is 1.55. The van der Waals surface area contributed by atoms with Gasteiger partial charge < -0.3 is 15.6 Å². The topological polar surface area (TPSA) is 99.8 Å². The average Bonchev–Trinajstić information content (AvgIpc) is 3.20. The fraction of sp³-hybridized carbons (Fsp3) is 0.364. The molecular weight excluding hydrogens is 402 g/mol. The third kappa shape index (κ3) is 4.16. The molecule has 0 bridgehead atoms. The van der Waals surface area contributed by atoms with Gasteiger partial charge in [-0.1, -0.05) is 30.7 Å². The van der Waals surface area contributed by atoms with Gasteiger partial charge in [-0.3, -0.25) is 9.59 Å². The number of H-pyrrole nitrogens is 1. The second-order valence-corrected chi connectivity index (χ2v) is 7.98. The minimum Gasteiger partial charge on any atom is -0.367 e. The van der Waals surface area contributed by atoms with E-state index in [0.717, 1.165) is 25.7 Å². The predicted octanol–water partition coefficient (Wildman–Crippen LogP) is 4.09. The van der Waals surface area contributed by atoms with E-state index in [1.807, 2.05) is 6.92 Å². The van der Waals surface area contributed by atoms with Crippen molar-refractivity contribution < 1.29 is 9.59 Å². The summed E-state index contributed by atoms with van der Waals surface area (Å²) in [5.41, 5.74) is 1.54. The molecule has 156 valence electrons. The number of nitrogens with zero attached hydrogens (tertiary/aromatic N) is 2. The van der Waals surface area contributed by atoms with E-state index in [2.05, 4.69) is 25.6 Å². The number of fused-ring (bicyclic) bond motifs is 1. The molecule has 1 amide bonds. The number of aromatic nitrogens is 3. The van der Waals surface area contributed by atoms with Crippen molar-refractivity contribution in [2.75, 3.05) is 5.32 Å². The molecule has 8 heteroatoms. The van der Waals surface area contributed by atoms with Gasteiger partial charge in [-0.15, -0.1) is 0 Å². The number of carbonyl (C=O) groups excluding carboxylic acids is 2. The summed E-state index contributed by atoms with van der Waals surface area (Å²) < 4.78 is 0. The highest BCUT2D eigenvalue weighted by Gasteiger charge is 2.25. The molecule has 30 heavy (non-hydrogen) atoms. The summed E-state index contributed by atoms with van der Waals surface area (Å²) >= 11 is 6.23. The van der Waals surface area contributed by atoms with Crippen LogP contribution in [-0.4, -0.2) is 38.7 Å². The maximum absolute atomic E-state index is 13.1. The summed E-state index contributed by atoms with van der Waals surface area (Å²) in [5, 5.41) is 7.64. The fourth-order valence-electron chi connectivity index (χ4n) is 3.95. The molecule has 1 aliphatic rings. The van der Waals surface area contributed by atoms with Crippen LogP contribution in [0.15, 0.2) is 36.8 Å². The van der Waals surface area contributed by atoms with Gasteiger partial charge in [0.1, 0.15) is 17.8 Å². The Hall–Kier alpha value is -2.93. The molecule has 2 aromatic heterocycles. The first-order valence-corrected chi connectivity index (χ1v) is 10.6. The Morgan fingerprint density at radius 3 is 2.57 bits per heavy atom. The van der Waals surface area contributed by atoms with Crippen molar-refractivity contribution in [3.8, 4) is 0 Å². The molecule has 3 aromatic rings. The first kappa shape index (κ1) is 20.3. The van der Waals surface area contributed by atoms with Crippen LogP contribution in [-0.2, 0) is 4.79 Å². The Kier molecular flexibility index (Phi) is 5.99. The summed E-state index contributed by atoms with van der Waals surface area (Å²) in [6.45, 7) is 1.86. The average molecular weight is 426 g/mol. The Morgan fingerprint density at radius 1 is 1.10 bits per heavy atom. The minimum atomic E-state index is -0.171. The number of hydrogen-bond donors (Lipinski definition) is 3. The zero-order valence-corrected chi connectivity index (χ0v) is 17.5. The smallest absolute Gasteiger partial charge is 0.219 e. The van der Waals surface area contributed by atoms with E-state index in [0.29, 0.717) is 39.4 Å². The highest BCUT2D eigenvalue weighted by atomic mass is 35.5. The zero-order valence-electron chi connectivity index (χ0n) is 16.7. The van der Waals surface area contributed by atoms with E-state index in [1.165, 1.54) is 6.33 Å². The monoisotopic (exact) mass is 425 g/mol. The molecule has 3 N–H and O–H groups in total. The van der Waals surface area contributed by atoms with Crippen LogP contribution < -0.4 is 10.6 Å². The van der Waals surface area contributed by atoms with Crippen molar-refractivity contribution in [2.45, 2.75) is 51.1 Å². The number of ketones is 1. The summed E-state index contributed by atoms with van der Waals surface area (Å²) in [7, 11) is 0. The van der Waals surface area contributed by atoms with Crippen LogP contribution in [0.1, 0.15) is 54.9 Å². The number of anilines is 1. The molecule has 0 atom stereocenters. The number of aromatic amines is 1. The number of carbonyl (C=O) groups is 2. The lowest BCUT2D eigenvalue weighted by Gasteiger charge is -2.30. The van der Waals surface area contributed by atoms with Crippen molar-refractivity contribution in [3.05, 3.63) is 52.9 Å². The van der Waals surface area contributed by atoms with Gasteiger partial charge in [0, 0.05) is 30.3 Å². The summed E-state index contributed by atoms with van der Waals surface area (Å²) in [5.74, 6) is 0.562. The number of benzene rings is 1. The van der Waals surface area contributed by atoms with Crippen LogP contribution in [0.3, 0.4) is 0 Å². The van der Waals surface area contributed by atoms with Gasteiger partial charge in [0.2, 0.25) is 5.91 Å². The molecule has 0 saturated heterocycles. The summed E-state index contributed by atoms with van der Waals surface area (Å²) in [4.78, 5) is 36.5. The quantitative estimate of drug-likeness (QED) is 0.516. The van der Waals surface area contributed by atoms with Crippen molar-refractivity contribution in [3.63, 3.8) is 0 Å². The number of halogens is 1. The minimum absolute atomic E-state index is 0.0963.